The molecule has 7 N–H and O–H groups in total. The van der Waals surface area contributed by atoms with Gasteiger partial charge in [-0.2, -0.15) is 4.99 Å². The number of fused-ring (bicyclic) bond motifs is 7. The Morgan fingerprint density at radius 2 is 1.57 bits per heavy atom. The zero-order valence-corrected chi connectivity index (χ0v) is 27.8. The van der Waals surface area contributed by atoms with Crippen LogP contribution in [0.3, 0.4) is 0 Å². The summed E-state index contributed by atoms with van der Waals surface area (Å²) in [7, 11) is 3.45. The Morgan fingerprint density at radius 3 is 2.12 bits per heavy atom. The van der Waals surface area contributed by atoms with Crippen LogP contribution in [0.1, 0.15) is 113 Å². The van der Waals surface area contributed by atoms with Gasteiger partial charge in [-0.15, -0.1) is 0 Å². The molecule has 8 nitrogen and oxygen atoms in total. The maximum atomic E-state index is 12.8. The molecule has 0 heterocycles. The summed E-state index contributed by atoms with van der Waals surface area (Å²) in [5, 5.41) is 28.1. The minimum Gasteiger partial charge on any atom is -0.481 e. The number of aliphatic hydroxyl groups excluding tert-OH is 1. The van der Waals surface area contributed by atoms with Gasteiger partial charge in [0.2, 0.25) is 5.96 Å². The summed E-state index contributed by atoms with van der Waals surface area (Å²) < 4.78 is 0. The van der Waals surface area contributed by atoms with Gasteiger partial charge in [-0.1, -0.05) is 60.1 Å². The predicted octanol–water partition coefficient (Wildman–Crippen LogP) is 5.99. The molecule has 238 valence electrons. The Bertz CT molecular complexity index is 1160. The number of carbonyl (C=O) groups is 1. The average Bonchev–Trinajstić information content (AvgIpc) is 2.86. The maximum absolute atomic E-state index is 12.8. The molecule has 0 radical (unpaired) electrons. The van der Waals surface area contributed by atoms with Crippen molar-refractivity contribution in [2.45, 2.75) is 119 Å². The van der Waals surface area contributed by atoms with Crippen LogP contribution in [0.4, 0.5) is 0 Å². The summed E-state index contributed by atoms with van der Waals surface area (Å²) in [6.45, 7) is 16.9. The van der Waals surface area contributed by atoms with Gasteiger partial charge in [-0.3, -0.25) is 10.2 Å². The third kappa shape index (κ3) is 4.88. The number of carboxylic acid groups (broad SMARTS) is 1. The van der Waals surface area contributed by atoms with Crippen molar-refractivity contribution >= 4 is 17.9 Å². The highest BCUT2D eigenvalue weighted by Crippen LogP contribution is 2.75. The Labute approximate surface area is 254 Å². The van der Waals surface area contributed by atoms with Crippen molar-refractivity contribution in [2.75, 3.05) is 14.1 Å². The van der Waals surface area contributed by atoms with Crippen molar-refractivity contribution in [1.82, 2.24) is 4.90 Å². The number of rotatable bonds is 1. The lowest BCUT2D eigenvalue weighted by atomic mass is 9.33. The molecule has 8 heteroatoms. The number of aliphatic carboxylic acids is 1. The molecule has 0 aromatic carbocycles. The fourth-order valence-corrected chi connectivity index (χ4v) is 10.8. The summed E-state index contributed by atoms with van der Waals surface area (Å²) in [5.41, 5.74) is 11.9. The number of aliphatic hydroxyl groups is 1. The van der Waals surface area contributed by atoms with Crippen molar-refractivity contribution in [2.24, 2.45) is 66.7 Å². The number of hydrogen-bond donors (Lipinski definition) is 5. The van der Waals surface area contributed by atoms with E-state index in [1.165, 1.54) is 18.4 Å². The van der Waals surface area contributed by atoms with Crippen LogP contribution >= 0.6 is 0 Å². The molecule has 0 amide bonds. The first-order valence-corrected chi connectivity index (χ1v) is 16.2. The number of carboxylic acids is 1. The maximum Gasteiger partial charge on any atom is 0.310 e. The normalized spacial score (nSPS) is 43.6. The third-order valence-electron chi connectivity index (χ3n) is 13.7. The molecule has 5 rings (SSSR count). The fourth-order valence-electron chi connectivity index (χ4n) is 10.8. The van der Waals surface area contributed by atoms with Gasteiger partial charge in [0.25, 0.3) is 0 Å². The molecule has 0 bridgehead atoms. The van der Waals surface area contributed by atoms with Crippen LogP contribution in [0.5, 0.6) is 0 Å². The lowest BCUT2D eigenvalue weighted by Gasteiger charge is -2.71. The largest absolute Gasteiger partial charge is 0.481 e. The molecule has 0 spiro atoms. The van der Waals surface area contributed by atoms with E-state index in [2.05, 4.69) is 59.5 Å². The number of hydrogen-bond acceptors (Lipinski definition) is 3. The molecule has 42 heavy (non-hydrogen) atoms. The summed E-state index contributed by atoms with van der Waals surface area (Å²) in [6, 6.07) is 0. The number of guanidine groups is 2. The molecule has 0 saturated heterocycles. The van der Waals surface area contributed by atoms with Crippen molar-refractivity contribution < 1.29 is 15.0 Å². The van der Waals surface area contributed by atoms with E-state index in [1.807, 2.05) is 0 Å². The molecule has 5 aliphatic rings. The molecular weight excluding hydrogens is 526 g/mol. The average molecular weight is 586 g/mol. The van der Waals surface area contributed by atoms with E-state index >= 15 is 0 Å². The number of nitrogens with one attached hydrogen (secondary N) is 1. The van der Waals surface area contributed by atoms with E-state index < -0.39 is 11.4 Å². The third-order valence-corrected chi connectivity index (χ3v) is 13.7. The van der Waals surface area contributed by atoms with Crippen LogP contribution in [-0.2, 0) is 4.79 Å². The topological polar surface area (TPSA) is 149 Å². The molecule has 4 saturated carbocycles. The number of nitrogens with two attached hydrogens (primary N) is 2. The van der Waals surface area contributed by atoms with Gasteiger partial charge in [-0.25, -0.2) is 0 Å². The van der Waals surface area contributed by atoms with Crippen LogP contribution in [0.15, 0.2) is 16.6 Å². The number of allylic oxidation sites excluding steroid dienone is 2. The summed E-state index contributed by atoms with van der Waals surface area (Å²) in [5.74, 6) is 0.768. The SMILES string of the molecule is CC1(C)CC[C@]2(C(=O)O)CC[C@]3(C)C(=CCC4[C@@]5(C)CC[C@H](O)C(C)(C)[C@@H]5CC[C@]43C)[C@@H]2C1.CN(C)C(N)=NC(=N)N. The highest BCUT2D eigenvalue weighted by Gasteiger charge is 2.69. The Hall–Kier alpha value is -2.09. The quantitative estimate of drug-likeness (QED) is 0.145. The Kier molecular flexibility index (Phi) is 8.22. The van der Waals surface area contributed by atoms with Gasteiger partial charge >= 0.3 is 5.97 Å². The smallest absolute Gasteiger partial charge is 0.310 e. The van der Waals surface area contributed by atoms with Crippen molar-refractivity contribution in [3.63, 3.8) is 0 Å². The Balaban J connectivity index is 0.000000392. The van der Waals surface area contributed by atoms with E-state index in [9.17, 15) is 15.0 Å². The van der Waals surface area contributed by atoms with Crippen LogP contribution in [0, 0.1) is 55.7 Å². The van der Waals surface area contributed by atoms with E-state index in [4.69, 9.17) is 16.9 Å². The second-order valence-electron chi connectivity index (χ2n) is 16.8. The molecule has 0 aromatic rings. The summed E-state index contributed by atoms with van der Waals surface area (Å²) >= 11 is 0. The van der Waals surface area contributed by atoms with E-state index in [1.54, 1.807) is 19.0 Å². The first-order chi connectivity index (χ1) is 19.2. The zero-order chi connectivity index (χ0) is 31.7. The molecular formula is C34H59N5O3. The molecule has 1 unspecified atom stereocenters. The van der Waals surface area contributed by atoms with Gasteiger partial charge in [0.15, 0.2) is 5.96 Å². The minimum absolute atomic E-state index is 0.0301. The summed E-state index contributed by atoms with van der Waals surface area (Å²) in [6.07, 6.45) is 12.6. The molecule has 8 atom stereocenters. The second kappa shape index (κ2) is 10.5. The first kappa shape index (κ1) is 32.8. The van der Waals surface area contributed by atoms with Crippen molar-refractivity contribution in [3.8, 4) is 0 Å². The molecule has 5 aliphatic carbocycles. The Morgan fingerprint density at radius 1 is 0.952 bits per heavy atom. The van der Waals surface area contributed by atoms with Gasteiger partial charge in [0, 0.05) is 14.1 Å². The fraction of sp³-hybridized carbons (Fsp3) is 0.853. The van der Waals surface area contributed by atoms with Gasteiger partial charge < -0.3 is 26.6 Å². The van der Waals surface area contributed by atoms with E-state index in [-0.39, 0.29) is 51.0 Å². The zero-order valence-electron chi connectivity index (χ0n) is 27.8. The highest BCUT2D eigenvalue weighted by atomic mass is 16.4. The molecule has 0 aromatic heterocycles. The lowest BCUT2D eigenvalue weighted by Crippen LogP contribution is -2.65. The standard InChI is InChI=1S/C30H48O3.C4H11N5/c1-25(2)14-16-30(24(32)33)17-15-28(6)19(20(30)18-25)8-9-22-27(5)12-11-23(31)26(3,4)21(27)10-13-29(22,28)7;1-9(2)4(7)8-3(5)6/h8,20-23,31H,9-18H2,1-7H3,(H,32,33);1-2H3,(H5,5,6,7,8)/t20-,21-,22?,23-,27-,28+,29+,30-;/m0./s1. The van der Waals surface area contributed by atoms with Crippen LogP contribution in [-0.4, -0.2) is 53.2 Å². The second-order valence-corrected chi connectivity index (χ2v) is 16.8. The number of nitrogens with zero attached hydrogens (tertiary/aromatic N) is 2. The molecule has 4 fully saturated rings. The first-order valence-electron chi connectivity index (χ1n) is 16.2. The summed E-state index contributed by atoms with van der Waals surface area (Å²) in [4.78, 5) is 17.8. The lowest BCUT2D eigenvalue weighted by molar-refractivity contribution is -0.205. The van der Waals surface area contributed by atoms with Gasteiger partial charge in [0.05, 0.1) is 11.5 Å². The van der Waals surface area contributed by atoms with Gasteiger partial charge in [-0.05, 0) is 109 Å². The monoisotopic (exact) mass is 585 g/mol. The van der Waals surface area contributed by atoms with Crippen LogP contribution in [0.2, 0.25) is 0 Å². The van der Waals surface area contributed by atoms with Crippen LogP contribution < -0.4 is 11.5 Å². The van der Waals surface area contributed by atoms with Gasteiger partial charge in [0.1, 0.15) is 0 Å². The van der Waals surface area contributed by atoms with Crippen molar-refractivity contribution in [1.29, 1.82) is 5.41 Å². The molecule has 0 aliphatic heterocycles. The highest BCUT2D eigenvalue weighted by molar-refractivity contribution is 5.91. The van der Waals surface area contributed by atoms with Crippen molar-refractivity contribution in [3.05, 3.63) is 11.6 Å². The number of aliphatic imine (C=N–C) groups is 1. The van der Waals surface area contributed by atoms with Crippen LogP contribution in [0.25, 0.3) is 0 Å². The minimum atomic E-state index is -0.553. The van der Waals surface area contributed by atoms with E-state index in [0.29, 0.717) is 11.8 Å². The predicted molar refractivity (Wildman–Crippen MR) is 170 cm³/mol. The van der Waals surface area contributed by atoms with E-state index in [0.717, 1.165) is 51.4 Å².